The van der Waals surface area contributed by atoms with E-state index in [0.29, 0.717) is 25.1 Å². The van der Waals surface area contributed by atoms with Gasteiger partial charge in [-0.2, -0.15) is 0 Å². The second kappa shape index (κ2) is 10.6. The van der Waals surface area contributed by atoms with Gasteiger partial charge in [0.1, 0.15) is 12.4 Å². The van der Waals surface area contributed by atoms with Crippen LogP contribution in [0.25, 0.3) is 0 Å². The van der Waals surface area contributed by atoms with E-state index in [1.54, 1.807) is 24.3 Å². The number of carbonyl (C=O) groups is 2. The average Bonchev–Trinajstić information content (AvgIpc) is 3.26. The van der Waals surface area contributed by atoms with Crippen LogP contribution >= 0.6 is 0 Å². The molecule has 0 saturated carbocycles. The van der Waals surface area contributed by atoms with Gasteiger partial charge in [0.15, 0.2) is 0 Å². The van der Waals surface area contributed by atoms with Gasteiger partial charge < -0.3 is 20.1 Å². The fourth-order valence-electron chi connectivity index (χ4n) is 3.11. The van der Waals surface area contributed by atoms with Crippen molar-refractivity contribution in [2.75, 3.05) is 18.5 Å². The predicted molar refractivity (Wildman–Crippen MR) is 112 cm³/mol. The van der Waals surface area contributed by atoms with Crippen molar-refractivity contribution in [1.29, 1.82) is 0 Å². The molecule has 2 aromatic carbocycles. The molecule has 1 saturated heterocycles. The van der Waals surface area contributed by atoms with Crippen LogP contribution in [0.5, 0.6) is 5.75 Å². The number of benzene rings is 2. The number of anilines is 1. The summed E-state index contributed by atoms with van der Waals surface area (Å²) in [5.41, 5.74) is 2.30. The quantitative estimate of drug-likeness (QED) is 0.674. The van der Waals surface area contributed by atoms with Crippen molar-refractivity contribution < 1.29 is 19.1 Å². The number of amides is 2. The van der Waals surface area contributed by atoms with E-state index in [0.717, 1.165) is 42.9 Å². The molecule has 3 rings (SSSR count). The minimum absolute atomic E-state index is 0.0109. The molecule has 1 aliphatic heterocycles. The van der Waals surface area contributed by atoms with Gasteiger partial charge in [-0.15, -0.1) is 0 Å². The van der Waals surface area contributed by atoms with Crippen molar-refractivity contribution in [1.82, 2.24) is 5.32 Å². The van der Waals surface area contributed by atoms with E-state index in [9.17, 15) is 9.59 Å². The van der Waals surface area contributed by atoms with Crippen LogP contribution < -0.4 is 15.4 Å². The summed E-state index contributed by atoms with van der Waals surface area (Å²) in [6.07, 6.45) is 3.62. The van der Waals surface area contributed by atoms with Crippen LogP contribution in [-0.4, -0.2) is 31.1 Å². The van der Waals surface area contributed by atoms with E-state index in [1.807, 2.05) is 31.2 Å². The van der Waals surface area contributed by atoms with E-state index in [1.165, 1.54) is 0 Å². The van der Waals surface area contributed by atoms with Crippen LogP contribution in [0.1, 0.15) is 48.5 Å². The molecular formula is C23H28N2O4. The molecule has 0 aromatic heterocycles. The summed E-state index contributed by atoms with van der Waals surface area (Å²) in [6.45, 7) is 3.74. The van der Waals surface area contributed by atoms with Gasteiger partial charge in [-0.05, 0) is 61.2 Å². The SMILES string of the molecule is CCCC(=O)Nc1ccc(CNC(=O)c2ccc(OCC3CCCO3)cc2)cc1. The molecule has 0 aliphatic carbocycles. The highest BCUT2D eigenvalue weighted by atomic mass is 16.5. The smallest absolute Gasteiger partial charge is 0.251 e. The van der Waals surface area contributed by atoms with Crippen LogP contribution in [-0.2, 0) is 16.1 Å². The largest absolute Gasteiger partial charge is 0.491 e. The summed E-state index contributed by atoms with van der Waals surface area (Å²) >= 11 is 0. The first kappa shape index (κ1) is 20.9. The molecule has 2 amide bonds. The molecule has 0 radical (unpaired) electrons. The van der Waals surface area contributed by atoms with Gasteiger partial charge in [0, 0.05) is 30.8 Å². The average molecular weight is 396 g/mol. The van der Waals surface area contributed by atoms with Crippen molar-refractivity contribution in [3.8, 4) is 5.75 Å². The Labute approximate surface area is 171 Å². The predicted octanol–water partition coefficient (Wildman–Crippen LogP) is 3.91. The van der Waals surface area contributed by atoms with Gasteiger partial charge in [0.2, 0.25) is 5.91 Å². The molecule has 2 N–H and O–H groups in total. The Hall–Kier alpha value is -2.86. The first-order valence-electron chi connectivity index (χ1n) is 10.2. The van der Waals surface area contributed by atoms with Crippen molar-refractivity contribution in [2.24, 2.45) is 0 Å². The molecule has 1 fully saturated rings. The lowest BCUT2D eigenvalue weighted by Crippen LogP contribution is -2.22. The fourth-order valence-corrected chi connectivity index (χ4v) is 3.11. The van der Waals surface area contributed by atoms with Crippen LogP contribution in [0.2, 0.25) is 0 Å². The third-order valence-corrected chi connectivity index (χ3v) is 4.74. The summed E-state index contributed by atoms with van der Waals surface area (Å²) in [5.74, 6) is 0.602. The zero-order valence-electron chi connectivity index (χ0n) is 16.8. The number of nitrogens with one attached hydrogen (secondary N) is 2. The summed E-state index contributed by atoms with van der Waals surface area (Å²) in [6, 6.07) is 14.6. The Morgan fingerprint density at radius 1 is 1.10 bits per heavy atom. The summed E-state index contributed by atoms with van der Waals surface area (Å²) < 4.78 is 11.3. The maximum absolute atomic E-state index is 12.4. The second-order valence-electron chi connectivity index (χ2n) is 7.15. The maximum Gasteiger partial charge on any atom is 0.251 e. The molecule has 2 aromatic rings. The molecular weight excluding hydrogens is 368 g/mol. The topological polar surface area (TPSA) is 76.7 Å². The van der Waals surface area contributed by atoms with Crippen molar-refractivity contribution in [3.63, 3.8) is 0 Å². The summed E-state index contributed by atoms with van der Waals surface area (Å²) in [5, 5.41) is 5.75. The lowest BCUT2D eigenvalue weighted by Gasteiger charge is -2.12. The first-order valence-corrected chi connectivity index (χ1v) is 10.2. The maximum atomic E-state index is 12.4. The minimum Gasteiger partial charge on any atom is -0.491 e. The molecule has 6 nitrogen and oxygen atoms in total. The Balaban J connectivity index is 1.44. The van der Waals surface area contributed by atoms with Crippen LogP contribution in [0, 0.1) is 0 Å². The Morgan fingerprint density at radius 3 is 2.52 bits per heavy atom. The highest BCUT2D eigenvalue weighted by Crippen LogP contribution is 2.17. The van der Waals surface area contributed by atoms with Crippen molar-refractivity contribution in [2.45, 2.75) is 45.3 Å². The number of hydrogen-bond acceptors (Lipinski definition) is 4. The van der Waals surface area contributed by atoms with Crippen LogP contribution in [0.3, 0.4) is 0 Å². The monoisotopic (exact) mass is 396 g/mol. The highest BCUT2D eigenvalue weighted by Gasteiger charge is 2.16. The van der Waals surface area contributed by atoms with Gasteiger partial charge in [-0.25, -0.2) is 0 Å². The normalized spacial score (nSPS) is 15.7. The molecule has 1 aliphatic rings. The summed E-state index contributed by atoms with van der Waals surface area (Å²) in [4.78, 5) is 24.0. The van der Waals surface area contributed by atoms with Gasteiger partial charge in [0.25, 0.3) is 5.91 Å². The van der Waals surface area contributed by atoms with E-state index in [2.05, 4.69) is 10.6 Å². The lowest BCUT2D eigenvalue weighted by atomic mass is 10.1. The van der Waals surface area contributed by atoms with E-state index >= 15 is 0 Å². The van der Waals surface area contributed by atoms with Crippen molar-refractivity contribution >= 4 is 17.5 Å². The Kier molecular flexibility index (Phi) is 7.64. The zero-order valence-corrected chi connectivity index (χ0v) is 16.8. The Morgan fingerprint density at radius 2 is 1.86 bits per heavy atom. The van der Waals surface area contributed by atoms with Crippen LogP contribution in [0.4, 0.5) is 5.69 Å². The molecule has 1 unspecified atom stereocenters. The fraction of sp³-hybridized carbons (Fsp3) is 0.391. The van der Waals surface area contributed by atoms with E-state index in [4.69, 9.17) is 9.47 Å². The van der Waals surface area contributed by atoms with Gasteiger partial charge in [-0.1, -0.05) is 19.1 Å². The molecule has 154 valence electrons. The third-order valence-electron chi connectivity index (χ3n) is 4.74. The standard InChI is InChI=1S/C23H28N2O4/c1-2-4-22(26)25-19-10-6-17(7-11-19)15-24-23(27)18-8-12-20(13-9-18)29-16-21-5-3-14-28-21/h6-13,21H,2-5,14-16H2,1H3,(H,24,27)(H,25,26). The molecule has 6 heteroatoms. The van der Waals surface area contributed by atoms with Gasteiger partial charge in [-0.3, -0.25) is 9.59 Å². The number of hydrogen-bond donors (Lipinski definition) is 2. The highest BCUT2D eigenvalue weighted by molar-refractivity contribution is 5.94. The lowest BCUT2D eigenvalue weighted by molar-refractivity contribution is -0.116. The molecule has 0 spiro atoms. The number of carbonyl (C=O) groups excluding carboxylic acids is 2. The van der Waals surface area contributed by atoms with Crippen molar-refractivity contribution in [3.05, 3.63) is 59.7 Å². The molecule has 1 atom stereocenters. The number of rotatable bonds is 9. The number of ether oxygens (including phenoxy) is 2. The van der Waals surface area contributed by atoms with Gasteiger partial charge >= 0.3 is 0 Å². The first-order chi connectivity index (χ1) is 14.1. The molecule has 1 heterocycles. The minimum atomic E-state index is -0.143. The zero-order chi connectivity index (χ0) is 20.5. The van der Waals surface area contributed by atoms with E-state index in [-0.39, 0.29) is 17.9 Å². The third kappa shape index (κ3) is 6.61. The Bertz CT molecular complexity index is 797. The van der Waals surface area contributed by atoms with Crippen LogP contribution in [0.15, 0.2) is 48.5 Å². The second-order valence-corrected chi connectivity index (χ2v) is 7.15. The molecule has 29 heavy (non-hydrogen) atoms. The van der Waals surface area contributed by atoms with Gasteiger partial charge in [0.05, 0.1) is 6.10 Å². The summed E-state index contributed by atoms with van der Waals surface area (Å²) in [7, 11) is 0. The molecule has 0 bridgehead atoms. The van der Waals surface area contributed by atoms with E-state index < -0.39 is 0 Å².